The quantitative estimate of drug-likeness (QED) is 0.280. The highest BCUT2D eigenvalue weighted by molar-refractivity contribution is 6.10. The van der Waals surface area contributed by atoms with Gasteiger partial charge in [-0.2, -0.15) is 0 Å². The molecule has 1 amide bonds. The average Bonchev–Trinajstić information content (AvgIpc) is 2.91. The topological polar surface area (TPSA) is 29.5 Å². The summed E-state index contributed by atoms with van der Waals surface area (Å²) in [6, 6.07) is 39.0. The van der Waals surface area contributed by atoms with Crippen LogP contribution < -0.4 is 9.64 Å². The highest BCUT2D eigenvalue weighted by Gasteiger charge is 2.61. The van der Waals surface area contributed by atoms with Gasteiger partial charge in [0.1, 0.15) is 5.75 Å². The molecule has 0 bridgehead atoms. The normalized spacial score (nSPS) is 19.5. The Morgan fingerprint density at radius 3 is 1.97 bits per heavy atom. The summed E-state index contributed by atoms with van der Waals surface area (Å²) < 4.78 is 5.34. The molecule has 2 atom stereocenters. The molecule has 34 heavy (non-hydrogen) atoms. The van der Waals surface area contributed by atoms with E-state index in [4.69, 9.17) is 4.74 Å². The molecule has 1 fully saturated rings. The van der Waals surface area contributed by atoms with Crippen LogP contribution in [0.15, 0.2) is 115 Å². The number of aryl methyl sites for hydroxylation is 1. The molecule has 0 aliphatic carbocycles. The predicted octanol–water partition coefficient (Wildman–Crippen LogP) is 6.74. The monoisotopic (exact) mass is 447 g/mol. The summed E-state index contributed by atoms with van der Waals surface area (Å²) in [7, 11) is 1.66. The van der Waals surface area contributed by atoms with Crippen LogP contribution in [0.2, 0.25) is 0 Å². The molecular weight excluding hydrogens is 418 g/mol. The largest absolute Gasteiger partial charge is 0.497 e. The summed E-state index contributed by atoms with van der Waals surface area (Å²) in [6.45, 7) is 0. The highest BCUT2D eigenvalue weighted by Crippen LogP contribution is 2.56. The summed E-state index contributed by atoms with van der Waals surface area (Å²) in [5.41, 5.74) is 3.85. The van der Waals surface area contributed by atoms with Crippen molar-refractivity contribution in [1.82, 2.24) is 0 Å². The fraction of sp³-hybridized carbons (Fsp3) is 0.194. The molecule has 3 heteroatoms. The zero-order valence-electron chi connectivity index (χ0n) is 19.4. The average molecular weight is 448 g/mol. The van der Waals surface area contributed by atoms with Gasteiger partial charge in [-0.05, 0) is 60.2 Å². The maximum absolute atomic E-state index is 14.2. The zero-order valence-corrected chi connectivity index (χ0v) is 19.4. The Morgan fingerprint density at radius 1 is 0.765 bits per heavy atom. The number of benzene rings is 4. The van der Waals surface area contributed by atoms with Crippen molar-refractivity contribution in [3.63, 3.8) is 0 Å². The smallest absolute Gasteiger partial charge is 0.240 e. The Kier molecular flexibility index (Phi) is 6.18. The molecule has 0 N–H and O–H groups in total. The van der Waals surface area contributed by atoms with Crippen molar-refractivity contribution < 1.29 is 9.53 Å². The fourth-order valence-electron chi connectivity index (χ4n) is 5.30. The minimum atomic E-state index is -0.600. The molecule has 1 aliphatic heterocycles. The molecule has 1 aliphatic rings. The highest BCUT2D eigenvalue weighted by atomic mass is 16.5. The third-order valence-corrected chi connectivity index (χ3v) is 6.96. The Balaban J connectivity index is 1.56. The summed E-state index contributed by atoms with van der Waals surface area (Å²) in [4.78, 5) is 16.1. The lowest BCUT2D eigenvalue weighted by Crippen LogP contribution is -2.66. The second kappa shape index (κ2) is 9.56. The Morgan fingerprint density at radius 2 is 1.35 bits per heavy atom. The SMILES string of the molecule is COc1ccc(N2C(=O)[C@](CCCc3ccccc3)(c3ccccc3)[C@@H]2c2ccccc2)cc1. The van der Waals surface area contributed by atoms with Crippen molar-refractivity contribution in [3.05, 3.63) is 132 Å². The van der Waals surface area contributed by atoms with Crippen LogP contribution in [0.25, 0.3) is 0 Å². The summed E-state index contributed by atoms with van der Waals surface area (Å²) >= 11 is 0. The van der Waals surface area contributed by atoms with Gasteiger partial charge in [-0.15, -0.1) is 0 Å². The van der Waals surface area contributed by atoms with Crippen molar-refractivity contribution in [2.75, 3.05) is 12.0 Å². The number of hydrogen-bond acceptors (Lipinski definition) is 2. The summed E-state index contributed by atoms with van der Waals surface area (Å²) in [5.74, 6) is 0.941. The number of amides is 1. The number of carbonyl (C=O) groups is 1. The number of rotatable bonds is 8. The van der Waals surface area contributed by atoms with Crippen LogP contribution in [0.4, 0.5) is 5.69 Å². The second-order valence-electron chi connectivity index (χ2n) is 8.86. The van der Waals surface area contributed by atoms with Crippen LogP contribution in [-0.4, -0.2) is 13.0 Å². The third kappa shape index (κ3) is 3.88. The van der Waals surface area contributed by atoms with E-state index in [1.807, 2.05) is 59.5 Å². The Labute approximate surface area is 201 Å². The van der Waals surface area contributed by atoms with E-state index in [2.05, 4.69) is 60.7 Å². The number of hydrogen-bond donors (Lipinski definition) is 0. The van der Waals surface area contributed by atoms with E-state index in [1.165, 1.54) is 5.56 Å². The van der Waals surface area contributed by atoms with Gasteiger partial charge in [0.15, 0.2) is 0 Å². The van der Waals surface area contributed by atoms with E-state index in [9.17, 15) is 4.79 Å². The summed E-state index contributed by atoms with van der Waals surface area (Å²) in [6.07, 6.45) is 2.67. The fourth-order valence-corrected chi connectivity index (χ4v) is 5.30. The van der Waals surface area contributed by atoms with Crippen molar-refractivity contribution in [1.29, 1.82) is 0 Å². The van der Waals surface area contributed by atoms with Crippen LogP contribution in [0.5, 0.6) is 5.75 Å². The van der Waals surface area contributed by atoms with Gasteiger partial charge < -0.3 is 9.64 Å². The molecule has 1 saturated heterocycles. The Hall–Kier alpha value is -3.85. The van der Waals surface area contributed by atoms with Gasteiger partial charge >= 0.3 is 0 Å². The van der Waals surface area contributed by atoms with Gasteiger partial charge in [-0.25, -0.2) is 0 Å². The van der Waals surface area contributed by atoms with Crippen LogP contribution in [0.1, 0.15) is 35.6 Å². The molecular formula is C31H29NO2. The van der Waals surface area contributed by atoms with Crippen LogP contribution >= 0.6 is 0 Å². The van der Waals surface area contributed by atoms with Crippen LogP contribution in [-0.2, 0) is 16.6 Å². The van der Waals surface area contributed by atoms with Crippen LogP contribution in [0, 0.1) is 0 Å². The van der Waals surface area contributed by atoms with Gasteiger partial charge in [0, 0.05) is 5.69 Å². The van der Waals surface area contributed by atoms with Gasteiger partial charge in [-0.1, -0.05) is 91.0 Å². The first-order chi connectivity index (χ1) is 16.7. The number of ether oxygens (including phenoxy) is 1. The molecule has 170 valence electrons. The van der Waals surface area contributed by atoms with Gasteiger partial charge in [-0.3, -0.25) is 4.79 Å². The van der Waals surface area contributed by atoms with Crippen molar-refractivity contribution in [2.45, 2.75) is 30.7 Å². The molecule has 0 aromatic heterocycles. The lowest BCUT2D eigenvalue weighted by atomic mass is 9.60. The molecule has 4 aromatic rings. The summed E-state index contributed by atoms with van der Waals surface area (Å²) in [5, 5.41) is 0. The lowest BCUT2D eigenvalue weighted by molar-refractivity contribution is -0.134. The minimum absolute atomic E-state index is 0.0761. The van der Waals surface area contributed by atoms with E-state index >= 15 is 0 Å². The maximum Gasteiger partial charge on any atom is 0.240 e. The van der Waals surface area contributed by atoms with Gasteiger partial charge in [0.2, 0.25) is 5.91 Å². The molecule has 1 heterocycles. The third-order valence-electron chi connectivity index (χ3n) is 6.96. The van der Waals surface area contributed by atoms with E-state index in [0.717, 1.165) is 41.8 Å². The molecule has 0 radical (unpaired) electrons. The minimum Gasteiger partial charge on any atom is -0.497 e. The van der Waals surface area contributed by atoms with E-state index < -0.39 is 5.41 Å². The first kappa shape index (κ1) is 22.0. The number of anilines is 1. The van der Waals surface area contributed by atoms with Crippen LogP contribution in [0.3, 0.4) is 0 Å². The first-order valence-electron chi connectivity index (χ1n) is 11.9. The van der Waals surface area contributed by atoms with E-state index in [1.54, 1.807) is 7.11 Å². The number of nitrogens with zero attached hydrogens (tertiary/aromatic N) is 1. The van der Waals surface area contributed by atoms with Gasteiger partial charge in [0.25, 0.3) is 0 Å². The van der Waals surface area contributed by atoms with Crippen molar-refractivity contribution in [2.24, 2.45) is 0 Å². The number of β-lactam (4-membered cyclic amide) rings is 1. The Bertz CT molecular complexity index is 1220. The van der Waals surface area contributed by atoms with Crippen molar-refractivity contribution >= 4 is 11.6 Å². The standard InChI is InChI=1S/C31H29NO2/c1-34-28-21-19-27(20-22-28)32-29(25-15-7-3-8-16-25)31(30(32)33,26-17-9-4-10-18-26)23-11-14-24-12-5-2-6-13-24/h2-10,12-13,15-22,29H,11,14,23H2,1H3/t29-,31+/m0/s1. The number of methoxy groups -OCH3 is 1. The predicted molar refractivity (Wildman–Crippen MR) is 137 cm³/mol. The lowest BCUT2D eigenvalue weighted by Gasteiger charge is -2.57. The maximum atomic E-state index is 14.2. The van der Waals surface area contributed by atoms with E-state index in [-0.39, 0.29) is 11.9 Å². The van der Waals surface area contributed by atoms with Crippen molar-refractivity contribution in [3.8, 4) is 5.75 Å². The second-order valence-corrected chi connectivity index (χ2v) is 8.86. The molecule has 3 nitrogen and oxygen atoms in total. The van der Waals surface area contributed by atoms with E-state index in [0.29, 0.717) is 0 Å². The molecule has 0 spiro atoms. The number of carbonyl (C=O) groups excluding carboxylic acids is 1. The molecule has 0 saturated carbocycles. The molecule has 0 unspecified atom stereocenters. The first-order valence-corrected chi connectivity index (χ1v) is 11.9. The zero-order chi connectivity index (χ0) is 23.4. The molecule has 5 rings (SSSR count). The molecule has 4 aromatic carbocycles. The van der Waals surface area contributed by atoms with Gasteiger partial charge in [0.05, 0.1) is 18.6 Å².